The number of methoxy groups -OCH3 is 2. The van der Waals surface area contributed by atoms with Gasteiger partial charge in [-0.05, 0) is 75.3 Å². The zero-order chi connectivity index (χ0) is 29.1. The van der Waals surface area contributed by atoms with Crippen LogP contribution in [-0.2, 0) is 23.7 Å². The first kappa shape index (κ1) is 29.1. The molecule has 1 saturated carbocycles. The number of fused-ring (bicyclic) bond motifs is 4. The summed E-state index contributed by atoms with van der Waals surface area (Å²) in [5.74, 6) is -0.566. The Hall–Kier alpha value is -3.40. The van der Waals surface area contributed by atoms with Crippen LogP contribution in [-0.4, -0.2) is 63.2 Å². The molecule has 2 aliphatic heterocycles. The molecule has 1 aliphatic carbocycles. The molecule has 9 nitrogen and oxygen atoms in total. The van der Waals surface area contributed by atoms with Crippen molar-refractivity contribution in [2.75, 3.05) is 21.0 Å². The lowest BCUT2D eigenvalue weighted by Gasteiger charge is -2.25. The van der Waals surface area contributed by atoms with E-state index in [9.17, 15) is 9.59 Å². The van der Waals surface area contributed by atoms with Crippen LogP contribution in [0.25, 0.3) is 0 Å². The van der Waals surface area contributed by atoms with Crippen LogP contribution in [0.1, 0.15) is 72.2 Å². The number of benzene rings is 2. The zero-order valence-corrected chi connectivity index (χ0v) is 24.2. The highest BCUT2D eigenvalue weighted by atomic mass is 16.8. The van der Waals surface area contributed by atoms with Gasteiger partial charge in [-0.2, -0.15) is 0 Å². The second kappa shape index (κ2) is 12.2. The van der Waals surface area contributed by atoms with Gasteiger partial charge in [-0.3, -0.25) is 0 Å². The van der Waals surface area contributed by atoms with Crippen molar-refractivity contribution in [1.29, 1.82) is 0 Å². The number of hydrogen-bond acceptors (Lipinski definition) is 9. The molecular formula is C32H38O9. The topological polar surface area (TPSA) is 98.8 Å². The van der Waals surface area contributed by atoms with Crippen LogP contribution in [0.3, 0.4) is 0 Å². The van der Waals surface area contributed by atoms with Crippen LogP contribution in [0.5, 0.6) is 11.5 Å². The van der Waals surface area contributed by atoms with Crippen LogP contribution in [0.15, 0.2) is 54.6 Å². The molecule has 0 bridgehead atoms. The fourth-order valence-electron chi connectivity index (χ4n) is 5.66. The van der Waals surface area contributed by atoms with Crippen molar-refractivity contribution < 1.29 is 42.7 Å². The molecule has 3 aliphatic rings. The summed E-state index contributed by atoms with van der Waals surface area (Å²) in [5, 5.41) is 0. The van der Waals surface area contributed by atoms with Crippen LogP contribution in [0.2, 0.25) is 0 Å². The molecule has 2 aromatic rings. The van der Waals surface area contributed by atoms with Crippen LogP contribution in [0.4, 0.5) is 0 Å². The highest BCUT2D eigenvalue weighted by molar-refractivity contribution is 5.95. The third kappa shape index (κ3) is 6.74. The molecule has 0 N–H and O–H groups in total. The Labute approximate surface area is 240 Å². The molecule has 1 saturated heterocycles. The third-order valence-electron chi connectivity index (χ3n) is 7.64. The highest BCUT2D eigenvalue weighted by Crippen LogP contribution is 2.54. The number of carbonyl (C=O) groups excluding carboxylic acids is 2. The fourth-order valence-corrected chi connectivity index (χ4v) is 5.66. The summed E-state index contributed by atoms with van der Waals surface area (Å²) in [6.45, 7) is 5.53. The maximum atomic E-state index is 13.5. The molecule has 5 rings (SSSR count). The van der Waals surface area contributed by atoms with Crippen molar-refractivity contribution in [2.45, 2.75) is 76.2 Å². The Morgan fingerprint density at radius 1 is 1.07 bits per heavy atom. The second-order valence-electron chi connectivity index (χ2n) is 11.2. The average Bonchev–Trinajstić information content (AvgIpc) is 3.64. The monoisotopic (exact) mass is 566 g/mol. The van der Waals surface area contributed by atoms with Crippen LogP contribution < -0.4 is 9.47 Å². The smallest absolute Gasteiger partial charge is 0.342 e. The molecule has 0 radical (unpaired) electrons. The van der Waals surface area contributed by atoms with Gasteiger partial charge < -0.3 is 33.2 Å². The maximum absolute atomic E-state index is 13.5. The van der Waals surface area contributed by atoms with E-state index in [1.165, 1.54) is 7.11 Å². The lowest BCUT2D eigenvalue weighted by Crippen LogP contribution is -2.38. The second-order valence-corrected chi connectivity index (χ2v) is 11.2. The van der Waals surface area contributed by atoms with Gasteiger partial charge in [0.25, 0.3) is 0 Å². The molecular weight excluding hydrogens is 528 g/mol. The molecule has 6 atom stereocenters. The van der Waals surface area contributed by atoms with Gasteiger partial charge in [0.1, 0.15) is 35.4 Å². The van der Waals surface area contributed by atoms with Crippen LogP contribution in [0, 0.1) is 5.92 Å². The quantitative estimate of drug-likeness (QED) is 0.258. The largest absolute Gasteiger partial charge is 0.497 e. The minimum absolute atomic E-state index is 0.0214. The average molecular weight is 567 g/mol. The Balaban J connectivity index is 1.49. The molecule has 220 valence electrons. The Morgan fingerprint density at radius 2 is 1.85 bits per heavy atom. The van der Waals surface area contributed by atoms with Gasteiger partial charge in [-0.1, -0.05) is 24.3 Å². The number of ether oxygens (including phenoxy) is 7. The lowest BCUT2D eigenvalue weighted by atomic mass is 9.96. The number of cyclic esters (lactones) is 1. The van der Waals surface area contributed by atoms with E-state index in [1.54, 1.807) is 37.4 Å². The predicted octanol–water partition coefficient (Wildman–Crippen LogP) is 5.42. The van der Waals surface area contributed by atoms with E-state index in [0.717, 1.165) is 12.0 Å². The van der Waals surface area contributed by atoms with Crippen molar-refractivity contribution in [3.05, 3.63) is 71.3 Å². The molecule has 2 fully saturated rings. The zero-order valence-electron chi connectivity index (χ0n) is 24.2. The Kier molecular flexibility index (Phi) is 8.68. The SMILES string of the molecule is COCOc1cc(OC)cc2c1C(=O)O[C@@H](C)C/C=C\C(OC(=O)c1ccccc1)[C@H]1OC(C)(C)O[C@H]1CC1CC21. The summed E-state index contributed by atoms with van der Waals surface area (Å²) in [6.07, 6.45) is 3.57. The van der Waals surface area contributed by atoms with Gasteiger partial charge in [0.05, 0.1) is 18.8 Å². The lowest BCUT2D eigenvalue weighted by molar-refractivity contribution is -0.153. The van der Waals surface area contributed by atoms with Gasteiger partial charge >= 0.3 is 11.9 Å². The molecule has 2 heterocycles. The minimum atomic E-state index is -0.854. The summed E-state index contributed by atoms with van der Waals surface area (Å²) >= 11 is 0. The minimum Gasteiger partial charge on any atom is -0.497 e. The van der Waals surface area contributed by atoms with Crippen molar-refractivity contribution >= 4 is 11.9 Å². The molecule has 0 amide bonds. The Bertz CT molecular complexity index is 1270. The fraction of sp³-hybridized carbons (Fsp3) is 0.500. The summed E-state index contributed by atoms with van der Waals surface area (Å²) in [5.41, 5.74) is 1.65. The normalized spacial score (nSPS) is 29.5. The van der Waals surface area contributed by atoms with Crippen molar-refractivity contribution in [3.8, 4) is 11.5 Å². The summed E-state index contributed by atoms with van der Waals surface area (Å²) in [4.78, 5) is 26.6. The maximum Gasteiger partial charge on any atom is 0.342 e. The van der Waals surface area contributed by atoms with Gasteiger partial charge in [-0.25, -0.2) is 9.59 Å². The molecule has 3 unspecified atom stereocenters. The molecule has 41 heavy (non-hydrogen) atoms. The number of rotatable bonds is 6. The summed E-state index contributed by atoms with van der Waals surface area (Å²) in [6, 6.07) is 12.4. The first-order valence-electron chi connectivity index (χ1n) is 14.0. The molecule has 0 aromatic heterocycles. The third-order valence-corrected chi connectivity index (χ3v) is 7.64. The van der Waals surface area contributed by atoms with E-state index in [0.29, 0.717) is 35.5 Å². The number of carbonyl (C=O) groups is 2. The van der Waals surface area contributed by atoms with E-state index in [4.69, 9.17) is 33.2 Å². The van der Waals surface area contributed by atoms with Crippen LogP contribution >= 0.6 is 0 Å². The van der Waals surface area contributed by atoms with E-state index in [1.807, 2.05) is 45.1 Å². The Morgan fingerprint density at radius 3 is 2.59 bits per heavy atom. The summed E-state index contributed by atoms with van der Waals surface area (Å²) in [7, 11) is 3.10. The van der Waals surface area contributed by atoms with Gasteiger partial charge in [0.15, 0.2) is 12.6 Å². The van der Waals surface area contributed by atoms with Gasteiger partial charge in [0, 0.05) is 19.6 Å². The van der Waals surface area contributed by atoms with Crippen molar-refractivity contribution in [2.24, 2.45) is 5.92 Å². The van der Waals surface area contributed by atoms with Gasteiger partial charge in [0.2, 0.25) is 0 Å². The highest BCUT2D eigenvalue weighted by Gasteiger charge is 2.51. The number of hydrogen-bond donors (Lipinski definition) is 0. The standard InChI is InChI=1S/C32H38O9/c1-19-10-9-13-25(39-30(33)20-11-7-6-8-12-20)29-27(40-32(2,3)41-29)15-21-14-23(21)24-16-22(36-5)17-26(37-18-35-4)28(24)31(34)38-19/h6-9,11-13,16-17,19,21,23,25,27,29H,10,14-15,18H2,1-5H3/b13-9-/t19-,21?,23?,25?,27-,29+/m0/s1. The van der Waals surface area contributed by atoms with E-state index >= 15 is 0 Å². The first-order chi connectivity index (χ1) is 19.7. The molecule has 9 heteroatoms. The van der Waals surface area contributed by atoms with Crippen molar-refractivity contribution in [3.63, 3.8) is 0 Å². The van der Waals surface area contributed by atoms with Gasteiger partial charge in [-0.15, -0.1) is 0 Å². The molecule has 2 aromatic carbocycles. The van der Waals surface area contributed by atoms with E-state index in [2.05, 4.69) is 0 Å². The van der Waals surface area contributed by atoms with E-state index in [-0.39, 0.29) is 24.7 Å². The number of esters is 2. The molecule has 0 spiro atoms. The van der Waals surface area contributed by atoms with E-state index < -0.39 is 36.0 Å². The predicted molar refractivity (Wildman–Crippen MR) is 149 cm³/mol. The summed E-state index contributed by atoms with van der Waals surface area (Å²) < 4.78 is 41.1. The first-order valence-corrected chi connectivity index (χ1v) is 14.0. The van der Waals surface area contributed by atoms with Crippen molar-refractivity contribution in [1.82, 2.24) is 0 Å².